The highest BCUT2D eigenvalue weighted by Crippen LogP contribution is 2.56. The van der Waals surface area contributed by atoms with Gasteiger partial charge in [0.15, 0.2) is 0 Å². The lowest BCUT2D eigenvalue weighted by atomic mass is 9.74. The molecule has 0 saturated carbocycles. The molecule has 4 aromatic carbocycles. The Labute approximate surface area is 233 Å². The fourth-order valence-electron chi connectivity index (χ4n) is 6.48. The molecule has 40 heavy (non-hydrogen) atoms. The van der Waals surface area contributed by atoms with Gasteiger partial charge in [-0.25, -0.2) is 0 Å². The second-order valence-electron chi connectivity index (χ2n) is 10.2. The summed E-state index contributed by atoms with van der Waals surface area (Å²) in [6, 6.07) is 37.1. The zero-order valence-electron chi connectivity index (χ0n) is 22.2. The number of benzene rings is 4. The summed E-state index contributed by atoms with van der Waals surface area (Å²) in [6.07, 6.45) is -0.525. The van der Waals surface area contributed by atoms with Crippen molar-refractivity contribution < 1.29 is 19.4 Å². The first-order valence-corrected chi connectivity index (χ1v) is 13.4. The summed E-state index contributed by atoms with van der Waals surface area (Å²) in [5, 5.41) is 18.8. The normalized spacial score (nSPS) is 21.6. The number of carbonyl (C=O) groups is 2. The highest BCUT2D eigenvalue weighted by Gasteiger charge is 2.64. The minimum absolute atomic E-state index is 0.128. The molecular weight excluding hydrogens is 502 g/mol. The Morgan fingerprint density at radius 1 is 0.875 bits per heavy atom. The predicted octanol–water partition coefficient (Wildman–Crippen LogP) is 3.98. The van der Waals surface area contributed by atoms with Crippen molar-refractivity contribution in [1.82, 2.24) is 10.2 Å². The second kappa shape index (κ2) is 10.3. The first-order chi connectivity index (χ1) is 19.5. The van der Waals surface area contributed by atoms with Gasteiger partial charge in [0.25, 0.3) is 0 Å². The van der Waals surface area contributed by atoms with Gasteiger partial charge < -0.3 is 20.5 Å². The maximum Gasteiger partial charge on any atom is 0.325 e. The Morgan fingerprint density at radius 2 is 1.38 bits per heavy atom. The summed E-state index contributed by atoms with van der Waals surface area (Å²) in [5.41, 5.74) is 2.06. The number of esters is 1. The van der Waals surface area contributed by atoms with Crippen LogP contribution >= 0.6 is 0 Å². The summed E-state index contributed by atoms with van der Waals surface area (Å²) >= 11 is 0. The molecular formula is C33H31N3O4. The third-order valence-corrected chi connectivity index (χ3v) is 8.16. The number of amides is 1. The summed E-state index contributed by atoms with van der Waals surface area (Å²) in [6.45, 7) is -0.262. The van der Waals surface area contributed by atoms with E-state index in [-0.39, 0.29) is 18.9 Å². The van der Waals surface area contributed by atoms with Crippen LogP contribution in [0.15, 0.2) is 115 Å². The Hall–Kier alpha value is -4.46. The average molecular weight is 534 g/mol. The van der Waals surface area contributed by atoms with E-state index in [2.05, 4.69) is 51.9 Å². The molecule has 202 valence electrons. The number of likely N-dealkylation sites (tertiary alicyclic amines) is 1. The number of methoxy groups -OCH3 is 1. The lowest BCUT2D eigenvalue weighted by Gasteiger charge is -2.48. The first kappa shape index (κ1) is 25.8. The van der Waals surface area contributed by atoms with Crippen molar-refractivity contribution >= 4 is 17.6 Å². The van der Waals surface area contributed by atoms with Gasteiger partial charge in [0.1, 0.15) is 18.3 Å². The predicted molar refractivity (Wildman–Crippen MR) is 152 cm³/mol. The van der Waals surface area contributed by atoms with Crippen LogP contribution in [0.3, 0.4) is 0 Å². The van der Waals surface area contributed by atoms with Crippen molar-refractivity contribution in [2.75, 3.05) is 19.0 Å². The molecule has 0 aromatic heterocycles. The van der Waals surface area contributed by atoms with E-state index < -0.39 is 29.3 Å². The van der Waals surface area contributed by atoms with E-state index in [9.17, 15) is 14.7 Å². The number of hydrogen-bond donors (Lipinski definition) is 3. The third kappa shape index (κ3) is 3.97. The molecule has 0 spiro atoms. The first-order valence-electron chi connectivity index (χ1n) is 13.4. The largest absolute Gasteiger partial charge is 0.468 e. The van der Waals surface area contributed by atoms with Gasteiger partial charge in [-0.15, -0.1) is 0 Å². The number of hydrogen-bond acceptors (Lipinski definition) is 6. The smallest absolute Gasteiger partial charge is 0.325 e. The number of nitrogens with zero attached hydrogens (tertiary/aromatic N) is 1. The summed E-state index contributed by atoms with van der Waals surface area (Å²) in [4.78, 5) is 28.1. The SMILES string of the molecule is COC(=O)CNC(=O)[C@@H]1CC2(O)c3ccccc3NC2N1C(c1ccccc1)(c1ccccc1)c1ccccc1. The van der Waals surface area contributed by atoms with E-state index >= 15 is 0 Å². The number of anilines is 1. The molecule has 3 N–H and O–H groups in total. The molecule has 2 unspecified atom stereocenters. The number of nitrogens with one attached hydrogen (secondary N) is 2. The fraction of sp³-hybridized carbons (Fsp3) is 0.212. The number of aliphatic hydroxyl groups is 1. The third-order valence-electron chi connectivity index (χ3n) is 8.16. The van der Waals surface area contributed by atoms with E-state index in [1.165, 1.54) is 7.11 Å². The van der Waals surface area contributed by atoms with Crippen LogP contribution < -0.4 is 10.6 Å². The zero-order chi connectivity index (χ0) is 27.7. The molecule has 2 heterocycles. The molecule has 0 aliphatic carbocycles. The van der Waals surface area contributed by atoms with Crippen LogP contribution in [0, 0.1) is 0 Å². The Kier molecular flexibility index (Phi) is 6.62. The molecule has 6 rings (SSSR count). The Balaban J connectivity index is 1.63. The molecule has 1 amide bonds. The van der Waals surface area contributed by atoms with Gasteiger partial charge in [0.05, 0.1) is 18.7 Å². The number of fused-ring (bicyclic) bond motifs is 3. The number of para-hydroxylation sites is 1. The monoisotopic (exact) mass is 533 g/mol. The maximum atomic E-state index is 14.0. The lowest BCUT2D eigenvalue weighted by molar-refractivity contribution is -0.142. The van der Waals surface area contributed by atoms with Crippen molar-refractivity contribution in [2.45, 2.75) is 29.8 Å². The standard InChI is InChI=1S/C33H31N3O4/c1-40-29(37)22-34-30(38)28-21-32(39)26-19-11-12-20-27(26)35-31(32)36(28)33(23-13-5-2-6-14-23,24-15-7-3-8-16-24)25-17-9-4-10-18-25/h2-20,28,31,35,39H,21-22H2,1H3,(H,34,38)/t28-,31?,32?/m0/s1. The minimum Gasteiger partial charge on any atom is -0.468 e. The Bertz CT molecular complexity index is 1420. The molecule has 4 aromatic rings. The van der Waals surface area contributed by atoms with E-state index in [1.807, 2.05) is 78.9 Å². The van der Waals surface area contributed by atoms with Crippen LogP contribution in [0.1, 0.15) is 28.7 Å². The second-order valence-corrected chi connectivity index (χ2v) is 10.2. The van der Waals surface area contributed by atoms with E-state index in [1.54, 1.807) is 0 Å². The molecule has 3 atom stereocenters. The fourth-order valence-corrected chi connectivity index (χ4v) is 6.48. The quantitative estimate of drug-likeness (QED) is 0.246. The summed E-state index contributed by atoms with van der Waals surface area (Å²) < 4.78 is 4.78. The van der Waals surface area contributed by atoms with E-state index in [4.69, 9.17) is 4.74 Å². The van der Waals surface area contributed by atoms with Crippen LogP contribution in [-0.4, -0.2) is 47.7 Å². The van der Waals surface area contributed by atoms with Crippen LogP contribution in [0.25, 0.3) is 0 Å². The van der Waals surface area contributed by atoms with E-state index in [0.29, 0.717) is 0 Å². The van der Waals surface area contributed by atoms with Gasteiger partial charge in [-0.3, -0.25) is 14.5 Å². The van der Waals surface area contributed by atoms with Gasteiger partial charge >= 0.3 is 5.97 Å². The maximum absolute atomic E-state index is 14.0. The molecule has 7 nitrogen and oxygen atoms in total. The summed E-state index contributed by atoms with van der Waals surface area (Å²) in [7, 11) is 1.29. The van der Waals surface area contributed by atoms with Crippen molar-refractivity contribution in [3.8, 4) is 0 Å². The highest BCUT2D eigenvalue weighted by atomic mass is 16.5. The molecule has 0 radical (unpaired) electrons. The van der Waals surface area contributed by atoms with Gasteiger partial charge in [0.2, 0.25) is 5.91 Å². The summed E-state index contributed by atoms with van der Waals surface area (Å²) in [5.74, 6) is -0.902. The Morgan fingerprint density at radius 3 is 1.90 bits per heavy atom. The lowest BCUT2D eigenvalue weighted by Crippen LogP contribution is -2.60. The average Bonchev–Trinajstić information content (AvgIpc) is 3.47. The molecule has 2 aliphatic heterocycles. The highest BCUT2D eigenvalue weighted by molar-refractivity contribution is 5.87. The number of rotatable bonds is 7. The minimum atomic E-state index is -1.37. The van der Waals surface area contributed by atoms with Crippen molar-refractivity contribution in [1.29, 1.82) is 0 Å². The van der Waals surface area contributed by atoms with Crippen molar-refractivity contribution in [3.05, 3.63) is 138 Å². The number of carbonyl (C=O) groups excluding carboxylic acids is 2. The number of ether oxygens (including phenoxy) is 1. The molecule has 7 heteroatoms. The van der Waals surface area contributed by atoms with Crippen LogP contribution in [-0.2, 0) is 25.5 Å². The van der Waals surface area contributed by atoms with Crippen LogP contribution in [0.2, 0.25) is 0 Å². The van der Waals surface area contributed by atoms with Crippen LogP contribution in [0.4, 0.5) is 5.69 Å². The van der Waals surface area contributed by atoms with Crippen LogP contribution in [0.5, 0.6) is 0 Å². The van der Waals surface area contributed by atoms with Gasteiger partial charge in [-0.05, 0) is 22.8 Å². The van der Waals surface area contributed by atoms with Gasteiger partial charge in [-0.2, -0.15) is 0 Å². The molecule has 1 fully saturated rings. The molecule has 0 bridgehead atoms. The van der Waals surface area contributed by atoms with Gasteiger partial charge in [-0.1, -0.05) is 109 Å². The van der Waals surface area contributed by atoms with E-state index in [0.717, 1.165) is 27.9 Å². The van der Waals surface area contributed by atoms with Gasteiger partial charge in [0, 0.05) is 17.7 Å². The van der Waals surface area contributed by atoms with Crippen molar-refractivity contribution in [3.63, 3.8) is 0 Å². The van der Waals surface area contributed by atoms with Crippen molar-refractivity contribution in [2.24, 2.45) is 0 Å². The molecule has 2 aliphatic rings. The molecule has 1 saturated heterocycles. The topological polar surface area (TPSA) is 90.9 Å². The zero-order valence-corrected chi connectivity index (χ0v) is 22.2.